The molecular weight excluding hydrogens is 640 g/mol. The van der Waals surface area contributed by atoms with E-state index in [0.717, 1.165) is 3.97 Å². The van der Waals surface area contributed by atoms with E-state index in [4.69, 9.17) is 11.6 Å². The molecule has 2 aromatic heterocycles. The normalized spacial score (nSPS) is 14.5. The molecule has 45 heavy (non-hydrogen) atoms. The van der Waals surface area contributed by atoms with Gasteiger partial charge in [0.1, 0.15) is 5.82 Å². The van der Waals surface area contributed by atoms with Gasteiger partial charge in [0.15, 0.2) is 0 Å². The summed E-state index contributed by atoms with van der Waals surface area (Å²) in [5.41, 5.74) is -0.0792. The smallest absolute Gasteiger partial charge is 0.268 e. The minimum absolute atomic E-state index is 0.0336. The van der Waals surface area contributed by atoms with Gasteiger partial charge in [-0.1, -0.05) is 35.9 Å². The molecule has 15 heteroatoms. The largest absolute Gasteiger partial charge is 0.355 e. The third kappa shape index (κ3) is 6.83. The van der Waals surface area contributed by atoms with E-state index in [1.807, 2.05) is 4.90 Å². The highest BCUT2D eigenvalue weighted by atomic mass is 35.5. The number of aryl methyl sites for hydroxylation is 1. The summed E-state index contributed by atoms with van der Waals surface area (Å²) in [4.78, 5) is 28.6. The Bertz CT molecular complexity index is 2000. The summed E-state index contributed by atoms with van der Waals surface area (Å²) in [7, 11) is -6.53. The van der Waals surface area contributed by atoms with Crippen LogP contribution in [0.3, 0.4) is 0 Å². The van der Waals surface area contributed by atoms with E-state index in [2.05, 4.69) is 16.4 Å². The number of piperidine rings is 1. The van der Waals surface area contributed by atoms with Gasteiger partial charge in [-0.25, -0.2) is 30.2 Å². The molecule has 1 amide bonds. The van der Waals surface area contributed by atoms with Crippen LogP contribution in [0.15, 0.2) is 94.1 Å². The zero-order chi connectivity index (χ0) is 32.4. The fraction of sp³-hybridized carbons (Fsp3) is 0.300. The fourth-order valence-corrected chi connectivity index (χ4v) is 8.07. The summed E-state index contributed by atoms with van der Waals surface area (Å²) in [5.74, 6) is 0.324. The molecule has 0 bridgehead atoms. The molecule has 0 saturated carbocycles. The Labute approximate surface area is 266 Å². The SMILES string of the molecule is C=CCN(CCNS(=O)(=O)c1ccc2c(Cl)cn(S(=O)(=O)c3ccccc3)c2c1)C(=O)C1CCN(c2ccc(=O)n(C)n2)CC1. The van der Waals surface area contributed by atoms with Gasteiger partial charge in [0.05, 0.1) is 20.3 Å². The molecule has 1 saturated heterocycles. The Morgan fingerprint density at radius 3 is 2.44 bits per heavy atom. The predicted molar refractivity (Wildman–Crippen MR) is 172 cm³/mol. The molecule has 1 fully saturated rings. The van der Waals surface area contributed by atoms with Gasteiger partial charge in [-0.3, -0.25) is 9.59 Å². The number of carbonyl (C=O) groups is 1. The van der Waals surface area contributed by atoms with Gasteiger partial charge < -0.3 is 9.80 Å². The average Bonchev–Trinajstić information content (AvgIpc) is 3.38. The third-order valence-corrected chi connectivity index (χ3v) is 11.2. The second-order valence-electron chi connectivity index (χ2n) is 10.7. The number of amides is 1. The molecule has 5 rings (SSSR count). The van der Waals surface area contributed by atoms with Gasteiger partial charge in [0.25, 0.3) is 15.6 Å². The van der Waals surface area contributed by atoms with Crippen LogP contribution >= 0.6 is 11.6 Å². The van der Waals surface area contributed by atoms with Crippen LogP contribution < -0.4 is 15.2 Å². The number of carbonyl (C=O) groups excluding carboxylic acids is 1. The number of fused-ring (bicyclic) bond motifs is 1. The van der Waals surface area contributed by atoms with Crippen LogP contribution in [0.5, 0.6) is 0 Å². The zero-order valence-electron chi connectivity index (χ0n) is 24.5. The molecule has 2 aromatic carbocycles. The van der Waals surface area contributed by atoms with Crippen LogP contribution in [0.25, 0.3) is 10.9 Å². The highest BCUT2D eigenvalue weighted by Crippen LogP contribution is 2.31. The van der Waals surface area contributed by atoms with E-state index >= 15 is 0 Å². The summed E-state index contributed by atoms with van der Waals surface area (Å²) in [6.07, 6.45) is 4.00. The predicted octanol–water partition coefficient (Wildman–Crippen LogP) is 2.83. The number of rotatable bonds is 11. The maximum atomic E-state index is 13.4. The molecule has 0 aliphatic carbocycles. The Balaban J connectivity index is 1.25. The number of benzene rings is 2. The number of nitrogens with zero attached hydrogens (tertiary/aromatic N) is 5. The summed E-state index contributed by atoms with van der Waals surface area (Å²) < 4.78 is 58.0. The van der Waals surface area contributed by atoms with Gasteiger partial charge >= 0.3 is 0 Å². The Morgan fingerprint density at radius 1 is 1.07 bits per heavy atom. The van der Waals surface area contributed by atoms with Crippen molar-refractivity contribution in [1.82, 2.24) is 23.4 Å². The highest BCUT2D eigenvalue weighted by Gasteiger charge is 2.29. The Hall–Kier alpha value is -3.98. The molecule has 4 aromatic rings. The van der Waals surface area contributed by atoms with E-state index in [-0.39, 0.29) is 57.3 Å². The van der Waals surface area contributed by atoms with E-state index in [1.165, 1.54) is 47.3 Å². The first-order valence-corrected chi connectivity index (χ1v) is 17.5. The fourth-order valence-electron chi connectivity index (χ4n) is 5.33. The van der Waals surface area contributed by atoms with Gasteiger partial charge in [-0.2, -0.15) is 5.10 Å². The molecule has 0 atom stereocenters. The molecule has 0 spiro atoms. The maximum absolute atomic E-state index is 13.4. The summed E-state index contributed by atoms with van der Waals surface area (Å²) in [5, 5.41) is 4.83. The van der Waals surface area contributed by atoms with Gasteiger partial charge in [-0.15, -0.1) is 6.58 Å². The van der Waals surface area contributed by atoms with Crippen molar-refractivity contribution in [2.24, 2.45) is 13.0 Å². The van der Waals surface area contributed by atoms with Gasteiger partial charge in [0.2, 0.25) is 15.9 Å². The van der Waals surface area contributed by atoms with Crippen molar-refractivity contribution in [3.63, 3.8) is 0 Å². The lowest BCUT2D eigenvalue weighted by molar-refractivity contribution is -0.135. The van der Waals surface area contributed by atoms with Crippen molar-refractivity contribution in [3.05, 3.63) is 94.9 Å². The lowest BCUT2D eigenvalue weighted by Crippen LogP contribution is -2.45. The number of aromatic nitrogens is 3. The third-order valence-electron chi connectivity index (χ3n) is 7.75. The number of hydrogen-bond donors (Lipinski definition) is 1. The monoisotopic (exact) mass is 672 g/mol. The first-order valence-electron chi connectivity index (χ1n) is 14.2. The first kappa shape index (κ1) is 32.4. The number of hydrogen-bond acceptors (Lipinski definition) is 8. The highest BCUT2D eigenvalue weighted by molar-refractivity contribution is 7.90. The lowest BCUT2D eigenvalue weighted by atomic mass is 9.95. The molecule has 3 heterocycles. The quantitative estimate of drug-likeness (QED) is 0.240. The topological polar surface area (TPSA) is 144 Å². The molecular formula is C30H33ClN6O6S2. The second-order valence-corrected chi connectivity index (χ2v) is 14.6. The van der Waals surface area contributed by atoms with Crippen molar-refractivity contribution in [2.75, 3.05) is 37.6 Å². The molecule has 1 N–H and O–H groups in total. The summed E-state index contributed by atoms with van der Waals surface area (Å²) in [6, 6.07) is 15.0. The molecule has 1 aliphatic heterocycles. The van der Waals surface area contributed by atoms with Crippen LogP contribution in [0.1, 0.15) is 12.8 Å². The Morgan fingerprint density at radius 2 is 1.78 bits per heavy atom. The van der Waals surface area contributed by atoms with E-state index in [0.29, 0.717) is 37.1 Å². The van der Waals surface area contributed by atoms with Crippen molar-refractivity contribution in [1.29, 1.82) is 0 Å². The van der Waals surface area contributed by atoms with Crippen LogP contribution in [0.4, 0.5) is 5.82 Å². The van der Waals surface area contributed by atoms with Crippen LogP contribution in [-0.2, 0) is 31.9 Å². The number of halogens is 1. The number of nitrogens with one attached hydrogen (secondary N) is 1. The van der Waals surface area contributed by atoms with Crippen LogP contribution in [0.2, 0.25) is 5.02 Å². The summed E-state index contributed by atoms with van der Waals surface area (Å²) in [6.45, 7) is 5.21. The zero-order valence-corrected chi connectivity index (χ0v) is 26.9. The molecule has 0 unspecified atom stereocenters. The standard InChI is InChI=1S/C30H33ClN6O6S2/c1-3-16-36(30(39)22-13-17-35(18-14-22)28-11-12-29(38)34(2)33-28)19-15-32-44(40,41)24-9-10-25-26(31)21-37(27(25)20-24)45(42,43)23-7-5-4-6-8-23/h3-12,20-22,32H,1,13-19H2,2H3. The maximum Gasteiger partial charge on any atom is 0.268 e. The minimum atomic E-state index is -4.08. The van der Waals surface area contributed by atoms with Gasteiger partial charge in [-0.05, 0) is 49.2 Å². The van der Waals surface area contributed by atoms with Crippen molar-refractivity contribution >= 4 is 54.3 Å². The molecule has 12 nitrogen and oxygen atoms in total. The average molecular weight is 673 g/mol. The van der Waals surface area contributed by atoms with Crippen LogP contribution in [-0.4, -0.2) is 74.1 Å². The molecule has 1 aliphatic rings. The Kier molecular flexibility index (Phi) is 9.49. The van der Waals surface area contributed by atoms with E-state index in [1.54, 1.807) is 42.3 Å². The summed E-state index contributed by atoms with van der Waals surface area (Å²) >= 11 is 6.32. The number of anilines is 1. The van der Waals surface area contributed by atoms with Crippen LogP contribution in [0, 0.1) is 5.92 Å². The van der Waals surface area contributed by atoms with E-state index in [9.17, 15) is 26.4 Å². The van der Waals surface area contributed by atoms with Gasteiger partial charge in [0, 0.05) is 63.3 Å². The molecule has 0 radical (unpaired) electrons. The van der Waals surface area contributed by atoms with Crippen molar-refractivity contribution in [3.8, 4) is 0 Å². The first-order chi connectivity index (χ1) is 21.4. The lowest BCUT2D eigenvalue weighted by Gasteiger charge is -2.34. The second kappa shape index (κ2) is 13.2. The van der Waals surface area contributed by atoms with E-state index < -0.39 is 20.0 Å². The number of sulfonamides is 1. The minimum Gasteiger partial charge on any atom is -0.355 e. The van der Waals surface area contributed by atoms with Crippen molar-refractivity contribution in [2.45, 2.75) is 22.6 Å². The van der Waals surface area contributed by atoms with Crippen molar-refractivity contribution < 1.29 is 21.6 Å². The molecule has 238 valence electrons.